The molecule has 0 fully saturated rings. The number of aryl methyl sites for hydroxylation is 1. The number of halogens is 3. The number of hydrogen-bond donors (Lipinski definition) is 2. The topological polar surface area (TPSA) is 102 Å². The maximum absolute atomic E-state index is 12.3. The van der Waals surface area contributed by atoms with Gasteiger partial charge in [0.2, 0.25) is 0 Å². The highest BCUT2D eigenvalue weighted by atomic mass is 19.4. The second kappa shape index (κ2) is 9.84. The van der Waals surface area contributed by atoms with E-state index in [9.17, 15) is 18.0 Å². The number of ether oxygens (including phenoxy) is 1. The minimum atomic E-state index is -4.38. The fourth-order valence-electron chi connectivity index (χ4n) is 2.97. The Hall–Kier alpha value is -3.05. The smallest absolute Gasteiger partial charge is 0.396 e. The molecule has 0 aliphatic heterocycles. The molecule has 0 atom stereocenters. The minimum Gasteiger partial charge on any atom is -0.396 e. The fraction of sp³-hybridized carbons (Fsp3) is 0.400. The Kier molecular flexibility index (Phi) is 7.18. The maximum atomic E-state index is 12.3. The van der Waals surface area contributed by atoms with Crippen LogP contribution < -0.4 is 5.32 Å². The van der Waals surface area contributed by atoms with Gasteiger partial charge in [0.05, 0.1) is 29.7 Å². The van der Waals surface area contributed by atoms with Gasteiger partial charge in [-0.1, -0.05) is 6.07 Å². The van der Waals surface area contributed by atoms with E-state index in [1.165, 1.54) is 6.20 Å². The van der Waals surface area contributed by atoms with Crippen LogP contribution >= 0.6 is 0 Å². The summed E-state index contributed by atoms with van der Waals surface area (Å²) in [6.07, 6.45) is 0.845. The second-order valence-corrected chi connectivity index (χ2v) is 6.97. The van der Waals surface area contributed by atoms with Crippen LogP contribution in [0.25, 0.3) is 10.9 Å². The number of nitrogens with one attached hydrogen (secondary N) is 1. The van der Waals surface area contributed by atoms with Gasteiger partial charge in [0, 0.05) is 31.7 Å². The molecule has 0 spiro atoms. The summed E-state index contributed by atoms with van der Waals surface area (Å²) in [4.78, 5) is 20.7. The van der Waals surface area contributed by atoms with Gasteiger partial charge in [0.15, 0.2) is 0 Å². The molecule has 166 valence electrons. The highest BCUT2D eigenvalue weighted by Gasteiger charge is 2.27. The zero-order chi connectivity index (χ0) is 22.4. The van der Waals surface area contributed by atoms with Crippen molar-refractivity contribution in [1.29, 1.82) is 0 Å². The average molecular weight is 437 g/mol. The van der Waals surface area contributed by atoms with Gasteiger partial charge in [-0.15, -0.1) is 0 Å². The minimum absolute atomic E-state index is 0.0173. The van der Waals surface area contributed by atoms with Crippen LogP contribution in [0, 0.1) is 6.92 Å². The standard InChI is InChI=1S/C20H22F3N5O3/c1-13-7-14(8-26-17(13)11-31-12-20(21,22)23)9-28-10-15-16(27-28)3-5-24-18(15)19(30)25-4-2-6-29/h3,5,7-8,10,29H,2,4,6,9,11-12H2,1H3,(H,25,30). The maximum Gasteiger partial charge on any atom is 0.411 e. The van der Waals surface area contributed by atoms with E-state index in [0.717, 1.165) is 5.56 Å². The number of nitrogens with zero attached hydrogens (tertiary/aromatic N) is 4. The number of carbonyl (C=O) groups excluding carboxylic acids is 1. The highest BCUT2D eigenvalue weighted by molar-refractivity contribution is 6.04. The first kappa shape index (κ1) is 22.6. The van der Waals surface area contributed by atoms with Gasteiger partial charge in [0.1, 0.15) is 12.3 Å². The summed E-state index contributed by atoms with van der Waals surface area (Å²) in [5, 5.41) is 16.6. The molecule has 0 aromatic carbocycles. The first-order valence-corrected chi connectivity index (χ1v) is 9.57. The molecule has 3 aromatic heterocycles. The molecule has 1 amide bonds. The lowest BCUT2D eigenvalue weighted by Crippen LogP contribution is -2.26. The van der Waals surface area contributed by atoms with E-state index in [4.69, 9.17) is 5.11 Å². The summed E-state index contributed by atoms with van der Waals surface area (Å²) >= 11 is 0. The monoisotopic (exact) mass is 437 g/mol. The molecule has 3 heterocycles. The van der Waals surface area contributed by atoms with Gasteiger partial charge in [-0.25, -0.2) is 0 Å². The van der Waals surface area contributed by atoms with Crippen LogP contribution in [0.4, 0.5) is 13.2 Å². The van der Waals surface area contributed by atoms with E-state index in [1.54, 1.807) is 30.1 Å². The first-order chi connectivity index (χ1) is 14.8. The molecule has 0 radical (unpaired) electrons. The molecular formula is C20H22F3N5O3. The molecule has 2 N–H and O–H groups in total. The summed E-state index contributed by atoms with van der Waals surface area (Å²) in [6.45, 7) is 0.887. The van der Waals surface area contributed by atoms with Crippen molar-refractivity contribution in [2.45, 2.75) is 32.7 Å². The predicted octanol–water partition coefficient (Wildman–Crippen LogP) is 2.37. The molecular weight excluding hydrogens is 415 g/mol. The lowest BCUT2D eigenvalue weighted by Gasteiger charge is -2.10. The van der Waals surface area contributed by atoms with Gasteiger partial charge in [0.25, 0.3) is 5.91 Å². The molecule has 0 saturated heterocycles. The zero-order valence-corrected chi connectivity index (χ0v) is 16.8. The van der Waals surface area contributed by atoms with E-state index in [2.05, 4.69) is 25.1 Å². The predicted molar refractivity (Wildman–Crippen MR) is 105 cm³/mol. The van der Waals surface area contributed by atoms with E-state index >= 15 is 0 Å². The van der Waals surface area contributed by atoms with Crippen LogP contribution in [0.2, 0.25) is 0 Å². The molecule has 0 saturated carbocycles. The third-order valence-corrected chi connectivity index (χ3v) is 4.41. The lowest BCUT2D eigenvalue weighted by atomic mass is 10.1. The lowest BCUT2D eigenvalue weighted by molar-refractivity contribution is -0.176. The first-order valence-electron chi connectivity index (χ1n) is 9.57. The van der Waals surface area contributed by atoms with Crippen molar-refractivity contribution in [2.75, 3.05) is 19.8 Å². The summed E-state index contributed by atoms with van der Waals surface area (Å²) in [5.74, 6) is -0.348. The van der Waals surface area contributed by atoms with Crippen molar-refractivity contribution in [2.24, 2.45) is 0 Å². The van der Waals surface area contributed by atoms with Crippen molar-refractivity contribution < 1.29 is 27.8 Å². The van der Waals surface area contributed by atoms with Crippen LogP contribution in [0.5, 0.6) is 0 Å². The normalized spacial score (nSPS) is 11.8. The summed E-state index contributed by atoms with van der Waals surface area (Å²) in [5.41, 5.74) is 2.79. The summed E-state index contributed by atoms with van der Waals surface area (Å²) in [7, 11) is 0. The van der Waals surface area contributed by atoms with E-state index in [-0.39, 0.29) is 24.8 Å². The number of alkyl halides is 3. The van der Waals surface area contributed by atoms with E-state index < -0.39 is 12.8 Å². The Labute approximate surface area is 176 Å². The van der Waals surface area contributed by atoms with Crippen LogP contribution in [-0.2, 0) is 17.9 Å². The number of hydrogen-bond acceptors (Lipinski definition) is 6. The van der Waals surface area contributed by atoms with Crippen molar-refractivity contribution in [3.05, 3.63) is 53.2 Å². The van der Waals surface area contributed by atoms with Gasteiger partial charge in [-0.2, -0.15) is 18.3 Å². The number of rotatable bonds is 9. The molecule has 31 heavy (non-hydrogen) atoms. The SMILES string of the molecule is Cc1cc(Cn2cc3c(C(=O)NCCCO)nccc3n2)cnc1COCC(F)(F)F. The van der Waals surface area contributed by atoms with Gasteiger partial charge >= 0.3 is 6.18 Å². The Morgan fingerprint density at radius 3 is 2.84 bits per heavy atom. The van der Waals surface area contributed by atoms with Gasteiger partial charge < -0.3 is 15.2 Å². The largest absolute Gasteiger partial charge is 0.411 e. The average Bonchev–Trinajstić information content (AvgIpc) is 3.11. The van der Waals surface area contributed by atoms with Crippen LogP contribution in [-0.4, -0.2) is 56.7 Å². The van der Waals surface area contributed by atoms with E-state index in [0.29, 0.717) is 41.7 Å². The molecule has 0 bridgehead atoms. The number of amides is 1. The summed E-state index contributed by atoms with van der Waals surface area (Å²) in [6, 6.07) is 3.51. The second-order valence-electron chi connectivity index (χ2n) is 6.97. The van der Waals surface area contributed by atoms with Crippen molar-refractivity contribution in [3.63, 3.8) is 0 Å². The molecule has 0 aliphatic rings. The Morgan fingerprint density at radius 1 is 1.32 bits per heavy atom. The summed E-state index contributed by atoms with van der Waals surface area (Å²) < 4.78 is 43.0. The van der Waals surface area contributed by atoms with Gasteiger partial charge in [-0.3, -0.25) is 19.4 Å². The number of aliphatic hydroxyl groups excluding tert-OH is 1. The highest BCUT2D eigenvalue weighted by Crippen LogP contribution is 2.18. The third-order valence-electron chi connectivity index (χ3n) is 4.41. The number of fused-ring (bicyclic) bond motifs is 1. The number of aliphatic hydroxyl groups is 1. The molecule has 0 unspecified atom stereocenters. The van der Waals surface area contributed by atoms with Gasteiger partial charge in [-0.05, 0) is 30.5 Å². The van der Waals surface area contributed by atoms with Crippen molar-refractivity contribution in [1.82, 2.24) is 25.1 Å². The fourth-order valence-corrected chi connectivity index (χ4v) is 2.97. The Bertz CT molecular complexity index is 1050. The number of carbonyl (C=O) groups is 1. The zero-order valence-electron chi connectivity index (χ0n) is 16.8. The van der Waals surface area contributed by atoms with E-state index in [1.807, 2.05) is 6.07 Å². The number of pyridine rings is 2. The molecule has 0 aliphatic carbocycles. The van der Waals surface area contributed by atoms with Crippen LogP contribution in [0.1, 0.15) is 33.7 Å². The molecule has 8 nitrogen and oxygen atoms in total. The van der Waals surface area contributed by atoms with Crippen molar-refractivity contribution >= 4 is 16.8 Å². The quantitative estimate of drug-likeness (QED) is 0.499. The van der Waals surface area contributed by atoms with Crippen LogP contribution in [0.15, 0.2) is 30.7 Å². The molecule has 3 rings (SSSR count). The van der Waals surface area contributed by atoms with Crippen LogP contribution in [0.3, 0.4) is 0 Å². The third kappa shape index (κ3) is 6.22. The Balaban J connectivity index is 1.71. The Morgan fingerprint density at radius 2 is 2.13 bits per heavy atom. The van der Waals surface area contributed by atoms with Crippen molar-refractivity contribution in [3.8, 4) is 0 Å². The molecule has 11 heteroatoms. The molecule has 3 aromatic rings. The number of aromatic nitrogens is 4.